The van der Waals surface area contributed by atoms with Crippen LogP contribution in [0.5, 0.6) is 0 Å². The highest BCUT2D eigenvalue weighted by atomic mass is 16.1. The van der Waals surface area contributed by atoms with E-state index in [-0.39, 0.29) is 5.78 Å². The third-order valence-electron chi connectivity index (χ3n) is 1.88. The number of rotatable bonds is 2. The minimum Gasteiger partial charge on any atom is -0.300 e. The van der Waals surface area contributed by atoms with Gasteiger partial charge in [0.05, 0.1) is 5.69 Å². The van der Waals surface area contributed by atoms with Gasteiger partial charge in [-0.15, -0.1) is 0 Å². The molecule has 0 atom stereocenters. The number of carbonyl (C=O) groups excluding carboxylic acids is 1. The molecule has 0 radical (unpaired) electrons. The van der Waals surface area contributed by atoms with Crippen molar-refractivity contribution in [1.82, 2.24) is 19.6 Å². The molecule has 0 saturated carbocycles. The third-order valence-corrected chi connectivity index (χ3v) is 1.88. The first-order valence-corrected chi connectivity index (χ1v) is 4.32. The highest BCUT2D eigenvalue weighted by Crippen LogP contribution is 2.05. The summed E-state index contributed by atoms with van der Waals surface area (Å²) >= 11 is 0. The fourth-order valence-corrected chi connectivity index (χ4v) is 1.39. The molecule has 2 heterocycles. The van der Waals surface area contributed by atoms with Gasteiger partial charge in [-0.05, 0) is 19.9 Å². The highest BCUT2D eigenvalue weighted by molar-refractivity contribution is 5.77. The van der Waals surface area contributed by atoms with E-state index in [4.69, 9.17) is 0 Å². The van der Waals surface area contributed by atoms with Crippen molar-refractivity contribution in [2.75, 3.05) is 0 Å². The number of hydrogen-bond donors (Lipinski definition) is 0. The largest absolute Gasteiger partial charge is 0.300 e. The van der Waals surface area contributed by atoms with E-state index in [2.05, 4.69) is 15.1 Å². The van der Waals surface area contributed by atoms with E-state index < -0.39 is 0 Å². The van der Waals surface area contributed by atoms with E-state index in [0.717, 1.165) is 11.4 Å². The number of fused-ring (bicyclic) bond motifs is 1. The maximum Gasteiger partial charge on any atom is 0.252 e. The number of ketones is 1. The van der Waals surface area contributed by atoms with Crippen LogP contribution in [0.3, 0.4) is 0 Å². The van der Waals surface area contributed by atoms with E-state index >= 15 is 0 Å². The maximum absolute atomic E-state index is 11.0. The number of Topliss-reactive ketones (excluding diaryl/α,β-unsaturated/α-hetero) is 1. The van der Waals surface area contributed by atoms with Crippen LogP contribution in [0.1, 0.15) is 18.3 Å². The Bertz CT molecular complexity index is 489. The van der Waals surface area contributed by atoms with Gasteiger partial charge in [-0.1, -0.05) is 0 Å². The summed E-state index contributed by atoms with van der Waals surface area (Å²) < 4.78 is 1.59. The maximum atomic E-state index is 11.0. The zero-order chi connectivity index (χ0) is 10.1. The Morgan fingerprint density at radius 3 is 3.07 bits per heavy atom. The zero-order valence-electron chi connectivity index (χ0n) is 8.06. The SMILES string of the molecule is CC(=O)Cc1cc(C)nc2ncnn12. The van der Waals surface area contributed by atoms with Crippen molar-refractivity contribution in [3.8, 4) is 0 Å². The molecule has 0 spiro atoms. The zero-order valence-corrected chi connectivity index (χ0v) is 8.06. The van der Waals surface area contributed by atoms with E-state index in [1.807, 2.05) is 13.0 Å². The minimum absolute atomic E-state index is 0.104. The second kappa shape index (κ2) is 3.17. The third kappa shape index (κ3) is 1.48. The smallest absolute Gasteiger partial charge is 0.252 e. The molecule has 2 aromatic rings. The molecule has 0 unspecified atom stereocenters. The van der Waals surface area contributed by atoms with Crippen LogP contribution in [0.25, 0.3) is 5.78 Å². The van der Waals surface area contributed by atoms with Crippen molar-refractivity contribution >= 4 is 11.6 Å². The van der Waals surface area contributed by atoms with Gasteiger partial charge in [-0.25, -0.2) is 9.50 Å². The summed E-state index contributed by atoms with van der Waals surface area (Å²) in [5, 5.41) is 4.00. The van der Waals surface area contributed by atoms with Crippen molar-refractivity contribution in [3.05, 3.63) is 23.8 Å². The molecule has 0 bridgehead atoms. The fourth-order valence-electron chi connectivity index (χ4n) is 1.39. The van der Waals surface area contributed by atoms with E-state index in [1.54, 1.807) is 11.4 Å². The molecule has 14 heavy (non-hydrogen) atoms. The van der Waals surface area contributed by atoms with Gasteiger partial charge < -0.3 is 0 Å². The average Bonchev–Trinajstić information content (AvgIpc) is 2.50. The topological polar surface area (TPSA) is 60.2 Å². The fraction of sp³-hybridized carbons (Fsp3) is 0.333. The first kappa shape index (κ1) is 8.80. The van der Waals surface area contributed by atoms with Crippen LogP contribution in [0.4, 0.5) is 0 Å². The molecule has 5 heteroatoms. The number of aryl methyl sites for hydroxylation is 1. The number of carbonyl (C=O) groups is 1. The molecule has 5 nitrogen and oxygen atoms in total. The Morgan fingerprint density at radius 2 is 2.36 bits per heavy atom. The van der Waals surface area contributed by atoms with E-state index in [1.165, 1.54) is 6.33 Å². The van der Waals surface area contributed by atoms with Crippen molar-refractivity contribution < 1.29 is 4.79 Å². The summed E-state index contributed by atoms with van der Waals surface area (Å²) in [7, 11) is 0. The van der Waals surface area contributed by atoms with Gasteiger partial charge in [0.1, 0.15) is 12.1 Å². The van der Waals surface area contributed by atoms with Crippen molar-refractivity contribution in [1.29, 1.82) is 0 Å². The lowest BCUT2D eigenvalue weighted by Crippen LogP contribution is -2.06. The number of hydrogen-bond acceptors (Lipinski definition) is 4. The van der Waals surface area contributed by atoms with Crippen LogP contribution < -0.4 is 0 Å². The standard InChI is InChI=1S/C9H10N4O/c1-6-3-8(4-7(2)14)13-9(12-6)10-5-11-13/h3,5H,4H2,1-2H3. The first-order chi connectivity index (χ1) is 6.66. The summed E-state index contributed by atoms with van der Waals surface area (Å²) in [5.41, 5.74) is 1.68. The van der Waals surface area contributed by atoms with Gasteiger partial charge in [0.25, 0.3) is 5.78 Å². The van der Waals surface area contributed by atoms with Crippen molar-refractivity contribution in [3.63, 3.8) is 0 Å². The second-order valence-corrected chi connectivity index (χ2v) is 3.24. The summed E-state index contributed by atoms with van der Waals surface area (Å²) in [6, 6.07) is 1.85. The van der Waals surface area contributed by atoms with Crippen molar-refractivity contribution in [2.45, 2.75) is 20.3 Å². The van der Waals surface area contributed by atoms with E-state index in [9.17, 15) is 4.79 Å². The van der Waals surface area contributed by atoms with Gasteiger partial charge in [-0.2, -0.15) is 10.1 Å². The van der Waals surface area contributed by atoms with Crippen LogP contribution >= 0.6 is 0 Å². The lowest BCUT2D eigenvalue weighted by atomic mass is 10.2. The lowest BCUT2D eigenvalue weighted by molar-refractivity contribution is -0.116. The van der Waals surface area contributed by atoms with Crippen LogP contribution in [0.2, 0.25) is 0 Å². The van der Waals surface area contributed by atoms with Gasteiger partial charge >= 0.3 is 0 Å². The Balaban J connectivity index is 2.60. The Hall–Kier alpha value is -1.78. The molecule has 72 valence electrons. The summed E-state index contributed by atoms with van der Waals surface area (Å²) in [5.74, 6) is 0.647. The molecular weight excluding hydrogens is 180 g/mol. The molecule has 0 aromatic carbocycles. The highest BCUT2D eigenvalue weighted by Gasteiger charge is 2.06. The van der Waals surface area contributed by atoms with Crippen LogP contribution in [-0.4, -0.2) is 25.4 Å². The molecule has 2 aromatic heterocycles. The first-order valence-electron chi connectivity index (χ1n) is 4.32. The monoisotopic (exact) mass is 190 g/mol. The Morgan fingerprint density at radius 1 is 1.57 bits per heavy atom. The lowest BCUT2D eigenvalue weighted by Gasteiger charge is -2.02. The molecular formula is C9H10N4O. The van der Waals surface area contributed by atoms with E-state index in [0.29, 0.717) is 12.2 Å². The summed E-state index contributed by atoms with van der Waals surface area (Å²) in [6.07, 6.45) is 1.80. The molecule has 0 aliphatic carbocycles. The minimum atomic E-state index is 0.104. The average molecular weight is 190 g/mol. The molecule has 0 N–H and O–H groups in total. The molecule has 2 rings (SSSR count). The quantitative estimate of drug-likeness (QED) is 0.694. The van der Waals surface area contributed by atoms with Gasteiger partial charge in [-0.3, -0.25) is 4.79 Å². The van der Waals surface area contributed by atoms with Crippen LogP contribution in [0, 0.1) is 6.92 Å². The van der Waals surface area contributed by atoms with Gasteiger partial charge in [0.2, 0.25) is 0 Å². The van der Waals surface area contributed by atoms with Gasteiger partial charge in [0, 0.05) is 12.1 Å². The molecule has 0 saturated heterocycles. The van der Waals surface area contributed by atoms with Gasteiger partial charge in [0.15, 0.2) is 0 Å². The van der Waals surface area contributed by atoms with Crippen LogP contribution in [0.15, 0.2) is 12.4 Å². The number of nitrogens with zero attached hydrogens (tertiary/aromatic N) is 4. The molecule has 0 fully saturated rings. The number of aromatic nitrogens is 4. The molecule has 0 aliphatic rings. The summed E-state index contributed by atoms with van der Waals surface area (Å²) in [6.45, 7) is 3.43. The Labute approximate surface area is 80.8 Å². The molecule has 0 amide bonds. The predicted octanol–water partition coefficient (Wildman–Crippen LogP) is 0.564. The Kier molecular flexibility index (Phi) is 1.99. The van der Waals surface area contributed by atoms with Crippen LogP contribution in [-0.2, 0) is 11.2 Å². The normalized spacial score (nSPS) is 10.7. The molecule has 0 aliphatic heterocycles. The van der Waals surface area contributed by atoms with Crippen molar-refractivity contribution in [2.24, 2.45) is 0 Å². The second-order valence-electron chi connectivity index (χ2n) is 3.24. The summed E-state index contributed by atoms with van der Waals surface area (Å²) in [4.78, 5) is 19.2. The predicted molar refractivity (Wildman–Crippen MR) is 49.9 cm³/mol.